The molecule has 0 unspecified atom stereocenters. The summed E-state index contributed by atoms with van der Waals surface area (Å²) in [4.78, 5) is 12.0. The van der Waals surface area contributed by atoms with Gasteiger partial charge in [0.2, 0.25) is 0 Å². The third-order valence-electron chi connectivity index (χ3n) is 7.70. The molecule has 3 rings (SSSR count). The van der Waals surface area contributed by atoms with Crippen LogP contribution in [0.1, 0.15) is 66.7 Å². The van der Waals surface area contributed by atoms with Crippen molar-refractivity contribution >= 4 is 5.78 Å². The van der Waals surface area contributed by atoms with Gasteiger partial charge in [0.1, 0.15) is 5.78 Å². The van der Waals surface area contributed by atoms with Gasteiger partial charge in [-0.3, -0.25) is 4.79 Å². The Morgan fingerprint density at radius 1 is 1.17 bits per heavy atom. The number of rotatable bonds is 1. The fraction of sp³-hybridized carbons (Fsp3) is 0.850. The second kappa shape index (κ2) is 5.16. The van der Waals surface area contributed by atoms with Crippen LogP contribution in [0.3, 0.4) is 0 Å². The average molecular weight is 320 g/mol. The van der Waals surface area contributed by atoms with E-state index in [0.29, 0.717) is 18.3 Å². The fourth-order valence-electron chi connectivity index (χ4n) is 6.14. The van der Waals surface area contributed by atoms with E-state index in [0.717, 1.165) is 25.7 Å². The number of aliphatic hydroxyl groups is 2. The Bertz CT molecular complexity index is 549. The molecule has 0 spiro atoms. The van der Waals surface area contributed by atoms with Crippen LogP contribution < -0.4 is 0 Å². The van der Waals surface area contributed by atoms with Crippen LogP contribution in [0.4, 0.5) is 0 Å². The molecule has 0 heterocycles. The van der Waals surface area contributed by atoms with Gasteiger partial charge in [0.05, 0.1) is 12.2 Å². The number of Topliss-reactive ketones (excluding diaryl/α,β-unsaturated/α-hetero) is 1. The fourth-order valence-corrected chi connectivity index (χ4v) is 6.14. The summed E-state index contributed by atoms with van der Waals surface area (Å²) in [5, 5.41) is 21.0. The standard InChI is InChI=1S/C20H32O3/c1-12(21)19(4)9-8-14-13(10-19)6-7-16-18(2,3)17(23)15(22)11-20(14,16)5/h10,14-17,22-23H,6-9,11H2,1-5H3/t14-,15+,16-,17+,19+,20+/m0/s1. The minimum Gasteiger partial charge on any atom is -0.390 e. The van der Waals surface area contributed by atoms with Gasteiger partial charge in [0.15, 0.2) is 0 Å². The maximum absolute atomic E-state index is 12.0. The number of fused-ring (bicyclic) bond motifs is 3. The highest BCUT2D eigenvalue weighted by Crippen LogP contribution is 2.63. The van der Waals surface area contributed by atoms with Crippen molar-refractivity contribution in [2.75, 3.05) is 0 Å². The number of carbonyl (C=O) groups excluding carboxylic acids is 1. The molecule has 3 heteroatoms. The van der Waals surface area contributed by atoms with Crippen molar-refractivity contribution in [2.45, 2.75) is 78.9 Å². The van der Waals surface area contributed by atoms with Crippen LogP contribution in [0.2, 0.25) is 0 Å². The first-order valence-electron chi connectivity index (χ1n) is 9.11. The summed E-state index contributed by atoms with van der Waals surface area (Å²) in [6.45, 7) is 10.3. The lowest BCUT2D eigenvalue weighted by molar-refractivity contribution is -0.182. The number of ketones is 1. The van der Waals surface area contributed by atoms with Crippen LogP contribution >= 0.6 is 0 Å². The van der Waals surface area contributed by atoms with Crippen LogP contribution in [0.5, 0.6) is 0 Å². The lowest BCUT2D eigenvalue weighted by Gasteiger charge is -2.61. The Labute approximate surface area is 140 Å². The zero-order chi connectivity index (χ0) is 17.2. The molecule has 0 radical (unpaired) electrons. The number of aliphatic hydroxyl groups excluding tert-OH is 2. The Balaban J connectivity index is 2.00. The first-order chi connectivity index (χ1) is 10.5. The van der Waals surface area contributed by atoms with Crippen molar-refractivity contribution in [1.82, 2.24) is 0 Å². The van der Waals surface area contributed by atoms with Crippen molar-refractivity contribution in [1.29, 1.82) is 0 Å². The van der Waals surface area contributed by atoms with E-state index >= 15 is 0 Å². The molecule has 130 valence electrons. The van der Waals surface area contributed by atoms with Crippen LogP contribution in [-0.4, -0.2) is 28.2 Å². The van der Waals surface area contributed by atoms with Gasteiger partial charge in [-0.1, -0.05) is 32.4 Å². The number of carbonyl (C=O) groups is 1. The van der Waals surface area contributed by atoms with Crippen LogP contribution in [0.15, 0.2) is 11.6 Å². The molecular weight excluding hydrogens is 288 g/mol. The Hall–Kier alpha value is -0.670. The molecule has 2 fully saturated rings. The van der Waals surface area contributed by atoms with Crippen LogP contribution in [-0.2, 0) is 4.79 Å². The molecule has 2 N–H and O–H groups in total. The van der Waals surface area contributed by atoms with E-state index in [-0.39, 0.29) is 22.0 Å². The Morgan fingerprint density at radius 2 is 1.83 bits per heavy atom. The summed E-state index contributed by atoms with van der Waals surface area (Å²) in [6, 6.07) is 0. The smallest absolute Gasteiger partial charge is 0.139 e. The van der Waals surface area contributed by atoms with Gasteiger partial charge >= 0.3 is 0 Å². The molecule has 2 saturated carbocycles. The van der Waals surface area contributed by atoms with Gasteiger partial charge in [0.25, 0.3) is 0 Å². The maximum Gasteiger partial charge on any atom is 0.139 e. The van der Waals surface area contributed by atoms with Crippen molar-refractivity contribution in [3.63, 3.8) is 0 Å². The van der Waals surface area contributed by atoms with E-state index in [9.17, 15) is 15.0 Å². The van der Waals surface area contributed by atoms with E-state index in [1.54, 1.807) is 6.92 Å². The molecule has 0 aliphatic heterocycles. The third-order valence-corrected chi connectivity index (χ3v) is 7.70. The first kappa shape index (κ1) is 17.2. The van der Waals surface area contributed by atoms with Gasteiger partial charge in [-0.25, -0.2) is 0 Å². The van der Waals surface area contributed by atoms with Gasteiger partial charge in [0, 0.05) is 5.41 Å². The van der Waals surface area contributed by atoms with Crippen molar-refractivity contribution in [3.8, 4) is 0 Å². The van der Waals surface area contributed by atoms with E-state index < -0.39 is 12.2 Å². The van der Waals surface area contributed by atoms with Gasteiger partial charge in [-0.05, 0) is 68.6 Å². The zero-order valence-corrected chi connectivity index (χ0v) is 15.2. The third kappa shape index (κ3) is 2.34. The van der Waals surface area contributed by atoms with Crippen LogP contribution in [0.25, 0.3) is 0 Å². The van der Waals surface area contributed by atoms with E-state index in [1.807, 2.05) is 0 Å². The van der Waals surface area contributed by atoms with Crippen molar-refractivity contribution < 1.29 is 15.0 Å². The maximum atomic E-state index is 12.0. The lowest BCUT2D eigenvalue weighted by Crippen LogP contribution is -2.60. The predicted molar refractivity (Wildman–Crippen MR) is 90.8 cm³/mol. The zero-order valence-electron chi connectivity index (χ0n) is 15.2. The summed E-state index contributed by atoms with van der Waals surface area (Å²) in [7, 11) is 0. The monoisotopic (exact) mass is 320 g/mol. The summed E-state index contributed by atoms with van der Waals surface area (Å²) in [6.07, 6.45) is 5.62. The highest BCUT2D eigenvalue weighted by molar-refractivity contribution is 5.84. The highest BCUT2D eigenvalue weighted by Gasteiger charge is 2.59. The molecule has 0 amide bonds. The minimum absolute atomic E-state index is 0.0182. The molecule has 0 bridgehead atoms. The Morgan fingerprint density at radius 3 is 2.43 bits per heavy atom. The van der Waals surface area contributed by atoms with Gasteiger partial charge < -0.3 is 10.2 Å². The Kier molecular flexibility index (Phi) is 3.85. The molecule has 0 aromatic rings. The molecular formula is C20H32O3. The largest absolute Gasteiger partial charge is 0.390 e. The molecule has 23 heavy (non-hydrogen) atoms. The lowest BCUT2D eigenvalue weighted by atomic mass is 9.44. The number of allylic oxidation sites excluding steroid dienone is 2. The normalized spacial score (nSPS) is 48.9. The van der Waals surface area contributed by atoms with Gasteiger partial charge in [-0.15, -0.1) is 0 Å². The minimum atomic E-state index is -0.647. The average Bonchev–Trinajstić information content (AvgIpc) is 2.44. The van der Waals surface area contributed by atoms with Crippen molar-refractivity contribution in [2.24, 2.45) is 28.1 Å². The number of hydrogen-bond donors (Lipinski definition) is 2. The van der Waals surface area contributed by atoms with E-state index in [4.69, 9.17) is 0 Å². The SMILES string of the molecule is CC(=O)[C@@]1(C)C=C2CC[C@H]3C(C)(C)[C@H](O)[C@H](O)C[C@]3(C)[C@H]2CC1. The van der Waals surface area contributed by atoms with Gasteiger partial charge in [-0.2, -0.15) is 0 Å². The number of hydrogen-bond acceptors (Lipinski definition) is 3. The molecule has 0 aromatic heterocycles. The van der Waals surface area contributed by atoms with Crippen LogP contribution in [0, 0.1) is 28.1 Å². The second-order valence-corrected chi connectivity index (χ2v) is 9.42. The van der Waals surface area contributed by atoms with E-state index in [1.165, 1.54) is 5.57 Å². The first-order valence-corrected chi connectivity index (χ1v) is 9.11. The van der Waals surface area contributed by atoms with E-state index in [2.05, 4.69) is 33.8 Å². The second-order valence-electron chi connectivity index (χ2n) is 9.42. The topological polar surface area (TPSA) is 57.5 Å². The predicted octanol–water partition coefficient (Wildman–Crippen LogP) is 3.49. The molecule has 0 aromatic carbocycles. The molecule has 3 aliphatic rings. The summed E-state index contributed by atoms with van der Waals surface area (Å²) in [5.74, 6) is 1.11. The molecule has 6 atom stereocenters. The summed E-state index contributed by atoms with van der Waals surface area (Å²) < 4.78 is 0. The van der Waals surface area contributed by atoms with Crippen molar-refractivity contribution in [3.05, 3.63) is 11.6 Å². The summed E-state index contributed by atoms with van der Waals surface area (Å²) in [5.41, 5.74) is 0.869. The molecule has 0 saturated heterocycles. The molecule has 3 aliphatic carbocycles. The molecule has 3 nitrogen and oxygen atoms in total. The quantitative estimate of drug-likeness (QED) is 0.727. The highest BCUT2D eigenvalue weighted by atomic mass is 16.3. The summed E-state index contributed by atoms with van der Waals surface area (Å²) >= 11 is 0.